The van der Waals surface area contributed by atoms with Gasteiger partial charge in [-0.05, 0) is 121 Å². The van der Waals surface area contributed by atoms with Crippen LogP contribution in [0, 0.1) is 41.5 Å². The van der Waals surface area contributed by atoms with E-state index in [4.69, 9.17) is 6.58 Å². The molecule has 3 heteroatoms. The second kappa shape index (κ2) is 14.1. The van der Waals surface area contributed by atoms with E-state index < -0.39 is 0 Å². The zero-order chi connectivity index (χ0) is 39.8. The van der Waals surface area contributed by atoms with E-state index in [9.17, 15) is 0 Å². The van der Waals surface area contributed by atoms with Crippen LogP contribution in [0.5, 0.6) is 0 Å². The van der Waals surface area contributed by atoms with Crippen LogP contribution in [0.2, 0.25) is 0 Å². The van der Waals surface area contributed by atoms with Crippen molar-refractivity contribution in [1.82, 2.24) is 0 Å². The average molecular weight is 784 g/mol. The monoisotopic (exact) mass is 783 g/mol. The number of rotatable bonds is 4. The molecule has 9 aromatic rings. The minimum atomic E-state index is 0.724. The van der Waals surface area contributed by atoms with Gasteiger partial charge in [-0.3, -0.25) is 0 Å². The lowest BCUT2D eigenvalue weighted by Crippen LogP contribution is -2.00. The predicted octanol–water partition coefficient (Wildman–Crippen LogP) is 16.4. The summed E-state index contributed by atoms with van der Waals surface area (Å²) in [5, 5.41) is 8.95. The third-order valence-electron chi connectivity index (χ3n) is 12.0. The van der Waals surface area contributed by atoms with Gasteiger partial charge in [0.25, 0.3) is 0 Å². The maximum absolute atomic E-state index is 4.73. The molecule has 0 fully saturated rings. The maximum Gasteiger partial charge on any atom is 0.0434 e. The molecule has 0 bridgehead atoms. The third-order valence-corrected chi connectivity index (χ3v) is 14.5. The standard InChI is InChI=1S/C55H45NS2/c1-31-25-34(4)50(35(5)26-31)46-20-10-18-44-42-16-8-14-40(52(42)57-54(44)46)38-13-12-24-56-49-23-22-39(30-48(49)33(3)29-38)41-15-9-17-43-45-19-11-21-47(55(45)58-53(41)43)51-36(6)27-32(2)28-37(51)7/h8-23,25-30,56H,3,24H2,1-2,4-7H3/b13-12-,38-29+. The van der Waals surface area contributed by atoms with E-state index in [0.29, 0.717) is 0 Å². The molecule has 0 aliphatic carbocycles. The summed E-state index contributed by atoms with van der Waals surface area (Å²) in [5.74, 6) is 0. The Kier molecular flexibility index (Phi) is 8.85. The molecular formula is C55H45NS2. The number of benzene rings is 7. The molecule has 7 aromatic carbocycles. The van der Waals surface area contributed by atoms with Crippen molar-refractivity contribution in [2.45, 2.75) is 41.5 Å². The number of anilines is 1. The third kappa shape index (κ3) is 5.95. The first-order valence-corrected chi connectivity index (χ1v) is 21.8. The van der Waals surface area contributed by atoms with Crippen molar-refractivity contribution in [2.75, 3.05) is 11.9 Å². The number of thiophene rings is 2. The van der Waals surface area contributed by atoms with Gasteiger partial charge in [-0.1, -0.05) is 133 Å². The normalized spacial score (nSPS) is 14.6. The molecule has 2 aromatic heterocycles. The number of hydrogen-bond donors (Lipinski definition) is 1. The summed E-state index contributed by atoms with van der Waals surface area (Å²) in [7, 11) is 0. The molecular weight excluding hydrogens is 739 g/mol. The number of aryl methyl sites for hydroxylation is 6. The molecule has 3 heterocycles. The highest BCUT2D eigenvalue weighted by Crippen LogP contribution is 2.47. The molecule has 0 radical (unpaired) electrons. The molecule has 0 saturated carbocycles. The van der Waals surface area contributed by atoms with Crippen molar-refractivity contribution in [2.24, 2.45) is 0 Å². The Hall–Kier alpha value is -6.00. The molecule has 282 valence electrons. The van der Waals surface area contributed by atoms with Crippen LogP contribution in [0.3, 0.4) is 0 Å². The zero-order valence-electron chi connectivity index (χ0n) is 33.9. The van der Waals surface area contributed by atoms with Crippen LogP contribution < -0.4 is 5.32 Å². The van der Waals surface area contributed by atoms with Gasteiger partial charge >= 0.3 is 0 Å². The Labute approximate surface area is 349 Å². The quantitative estimate of drug-likeness (QED) is 0.187. The molecule has 1 nitrogen and oxygen atoms in total. The van der Waals surface area contributed by atoms with Crippen molar-refractivity contribution < 1.29 is 0 Å². The van der Waals surface area contributed by atoms with Crippen molar-refractivity contribution in [3.05, 3.63) is 185 Å². The first kappa shape index (κ1) is 36.3. The van der Waals surface area contributed by atoms with Crippen LogP contribution in [0.1, 0.15) is 44.5 Å². The van der Waals surface area contributed by atoms with Gasteiger partial charge in [0, 0.05) is 69.3 Å². The first-order valence-electron chi connectivity index (χ1n) is 20.2. The van der Waals surface area contributed by atoms with Crippen LogP contribution in [-0.2, 0) is 0 Å². The van der Waals surface area contributed by atoms with Crippen molar-refractivity contribution in [3.8, 4) is 33.4 Å². The van der Waals surface area contributed by atoms with Crippen molar-refractivity contribution in [3.63, 3.8) is 0 Å². The second-order valence-electron chi connectivity index (χ2n) is 16.1. The van der Waals surface area contributed by atoms with Gasteiger partial charge in [0.2, 0.25) is 0 Å². The number of hydrogen-bond acceptors (Lipinski definition) is 3. The van der Waals surface area contributed by atoms with Gasteiger partial charge in [0.1, 0.15) is 0 Å². The SMILES string of the molecule is C=C1/C=C(c2cccc3c2sc2c(-c4c(C)cc(C)cc4C)cccc23)\C=C/CNc2ccc(-c3cccc4c3sc3c(-c5c(C)cc(C)cc5C)cccc34)cc21. The Morgan fingerprint density at radius 2 is 0.931 bits per heavy atom. The van der Waals surface area contributed by atoms with Crippen LogP contribution >= 0.6 is 22.7 Å². The number of nitrogens with one attached hydrogen (secondary N) is 1. The average Bonchev–Trinajstić information content (AvgIpc) is 3.79. The van der Waals surface area contributed by atoms with E-state index in [2.05, 4.69) is 180 Å². The zero-order valence-corrected chi connectivity index (χ0v) is 35.6. The fraction of sp³-hybridized carbons (Fsp3) is 0.127. The van der Waals surface area contributed by atoms with Crippen LogP contribution in [0.15, 0.2) is 140 Å². The molecule has 1 aliphatic heterocycles. The lowest BCUT2D eigenvalue weighted by atomic mass is 9.92. The Bertz CT molecular complexity index is 3210. The van der Waals surface area contributed by atoms with Gasteiger partial charge in [-0.2, -0.15) is 0 Å². The Morgan fingerprint density at radius 3 is 1.45 bits per heavy atom. The molecule has 10 rings (SSSR count). The Morgan fingerprint density at radius 1 is 0.483 bits per heavy atom. The summed E-state index contributed by atoms with van der Waals surface area (Å²) in [6, 6.07) is 43.3. The van der Waals surface area contributed by atoms with Crippen LogP contribution in [0.25, 0.3) is 84.9 Å². The molecule has 1 N–H and O–H groups in total. The molecule has 0 atom stereocenters. The van der Waals surface area contributed by atoms with Crippen molar-refractivity contribution >= 4 is 79.9 Å². The van der Waals surface area contributed by atoms with Crippen LogP contribution in [-0.4, -0.2) is 6.54 Å². The molecule has 58 heavy (non-hydrogen) atoms. The highest BCUT2D eigenvalue weighted by atomic mass is 32.1. The minimum Gasteiger partial charge on any atom is -0.381 e. The second-order valence-corrected chi connectivity index (χ2v) is 18.2. The molecule has 0 saturated heterocycles. The highest BCUT2D eigenvalue weighted by Gasteiger charge is 2.20. The molecule has 0 spiro atoms. The summed E-state index contributed by atoms with van der Waals surface area (Å²) in [5.41, 5.74) is 21.3. The lowest BCUT2D eigenvalue weighted by molar-refractivity contribution is 1.32. The van der Waals surface area contributed by atoms with Gasteiger partial charge in [-0.15, -0.1) is 22.7 Å². The fourth-order valence-electron chi connectivity index (χ4n) is 9.67. The molecule has 0 amide bonds. The van der Waals surface area contributed by atoms with Gasteiger partial charge in [-0.25, -0.2) is 0 Å². The van der Waals surface area contributed by atoms with E-state index in [1.54, 1.807) is 0 Å². The number of allylic oxidation sites excluding steroid dienone is 4. The van der Waals surface area contributed by atoms with Crippen LogP contribution in [0.4, 0.5) is 5.69 Å². The van der Waals surface area contributed by atoms with Gasteiger partial charge in [0.15, 0.2) is 0 Å². The lowest BCUT2D eigenvalue weighted by Gasteiger charge is -2.14. The van der Waals surface area contributed by atoms with E-state index in [1.807, 2.05) is 22.7 Å². The molecule has 1 aliphatic rings. The van der Waals surface area contributed by atoms with Gasteiger partial charge < -0.3 is 5.32 Å². The molecule has 0 unspecified atom stereocenters. The van der Waals surface area contributed by atoms with E-state index in [0.717, 1.165) is 23.4 Å². The minimum absolute atomic E-state index is 0.724. The van der Waals surface area contributed by atoms with Crippen molar-refractivity contribution in [1.29, 1.82) is 0 Å². The maximum atomic E-state index is 4.73. The first-order chi connectivity index (χ1) is 28.1. The van der Waals surface area contributed by atoms with E-state index in [1.165, 1.54) is 118 Å². The summed E-state index contributed by atoms with van der Waals surface area (Å²) >= 11 is 3.83. The summed E-state index contributed by atoms with van der Waals surface area (Å²) in [6.45, 7) is 18.8. The van der Waals surface area contributed by atoms with E-state index >= 15 is 0 Å². The highest BCUT2D eigenvalue weighted by molar-refractivity contribution is 7.27. The predicted molar refractivity (Wildman–Crippen MR) is 258 cm³/mol. The smallest absolute Gasteiger partial charge is 0.0434 e. The summed E-state index contributed by atoms with van der Waals surface area (Å²) in [4.78, 5) is 0. The summed E-state index contributed by atoms with van der Waals surface area (Å²) < 4.78 is 5.32. The number of fused-ring (bicyclic) bond motifs is 7. The fourth-order valence-corrected chi connectivity index (χ4v) is 12.4. The Balaban J connectivity index is 1.09. The van der Waals surface area contributed by atoms with E-state index in [-0.39, 0.29) is 0 Å². The van der Waals surface area contributed by atoms with Gasteiger partial charge in [0.05, 0.1) is 0 Å². The largest absolute Gasteiger partial charge is 0.381 e. The summed E-state index contributed by atoms with van der Waals surface area (Å²) in [6.07, 6.45) is 6.80. The topological polar surface area (TPSA) is 12.0 Å².